The van der Waals surface area contributed by atoms with Gasteiger partial charge in [-0.05, 0) is 75.5 Å². The number of rotatable bonds is 6. The van der Waals surface area contributed by atoms with Gasteiger partial charge in [0.05, 0.1) is 16.3 Å². The van der Waals surface area contributed by atoms with E-state index in [1.165, 1.54) is 11.0 Å². The van der Waals surface area contributed by atoms with E-state index in [1.54, 1.807) is 9.80 Å². The summed E-state index contributed by atoms with van der Waals surface area (Å²) in [5.41, 5.74) is 5.83. The van der Waals surface area contributed by atoms with Crippen molar-refractivity contribution in [2.45, 2.75) is 62.9 Å². The van der Waals surface area contributed by atoms with Crippen molar-refractivity contribution in [1.82, 2.24) is 19.6 Å². The summed E-state index contributed by atoms with van der Waals surface area (Å²) in [5.74, 6) is -0.470. The molecule has 2 fully saturated rings. The Morgan fingerprint density at radius 3 is 2.35 bits per heavy atom. The number of benzene rings is 2. The van der Waals surface area contributed by atoms with Crippen LogP contribution in [0.3, 0.4) is 0 Å². The summed E-state index contributed by atoms with van der Waals surface area (Å²) < 4.78 is 46.9. The maximum absolute atomic E-state index is 13.7. The first kappa shape index (κ1) is 33.6. The van der Waals surface area contributed by atoms with Crippen molar-refractivity contribution in [3.63, 3.8) is 0 Å². The average Bonchev–Trinajstić information content (AvgIpc) is 3.19. The highest BCUT2D eigenvalue weighted by molar-refractivity contribution is 6.33. The van der Waals surface area contributed by atoms with Gasteiger partial charge in [0, 0.05) is 56.9 Å². The molecule has 2 aromatic rings. The number of ether oxygens (including phenoxy) is 1. The lowest BCUT2D eigenvalue weighted by atomic mass is 10.00. The summed E-state index contributed by atoms with van der Waals surface area (Å²) in [6, 6.07) is 9.81. The second kappa shape index (κ2) is 14.0. The Morgan fingerprint density at radius 1 is 1.04 bits per heavy atom. The molecular formula is C32H40ClF3N6O4. The smallest absolute Gasteiger partial charge is 0.418 e. The molecule has 0 aromatic heterocycles. The minimum Gasteiger partial charge on any atom is -0.436 e. The predicted molar refractivity (Wildman–Crippen MR) is 169 cm³/mol. The van der Waals surface area contributed by atoms with E-state index < -0.39 is 35.5 Å². The molecule has 2 saturated heterocycles. The third kappa shape index (κ3) is 7.63. The highest BCUT2D eigenvalue weighted by Gasteiger charge is 2.38. The summed E-state index contributed by atoms with van der Waals surface area (Å²) in [6.45, 7) is 1.99. The van der Waals surface area contributed by atoms with Crippen LogP contribution < -0.4 is 11.1 Å². The Kier molecular flexibility index (Phi) is 10.2. The molecule has 3 aliphatic rings. The number of nitrogen functional groups attached to an aromatic ring is 1. The van der Waals surface area contributed by atoms with Crippen molar-refractivity contribution in [3.05, 3.63) is 58.1 Å². The molecule has 250 valence electrons. The van der Waals surface area contributed by atoms with E-state index in [9.17, 15) is 27.6 Å². The fraction of sp³-hybridized carbons (Fsp3) is 0.531. The summed E-state index contributed by atoms with van der Waals surface area (Å²) in [5, 5.41) is 2.68. The molecule has 14 heteroatoms. The molecule has 0 aliphatic carbocycles. The number of hydrogen-bond donors (Lipinski definition) is 2. The number of nitrogens with one attached hydrogen (secondary N) is 1. The highest BCUT2D eigenvalue weighted by Crippen LogP contribution is 2.38. The average molecular weight is 665 g/mol. The molecule has 0 saturated carbocycles. The maximum atomic E-state index is 13.7. The lowest BCUT2D eigenvalue weighted by Gasteiger charge is -2.39. The van der Waals surface area contributed by atoms with Crippen LogP contribution in [-0.4, -0.2) is 103 Å². The van der Waals surface area contributed by atoms with E-state index in [4.69, 9.17) is 22.1 Å². The van der Waals surface area contributed by atoms with Crippen molar-refractivity contribution in [2.75, 3.05) is 57.9 Å². The van der Waals surface area contributed by atoms with Gasteiger partial charge in [0.15, 0.2) is 6.10 Å². The van der Waals surface area contributed by atoms with Crippen molar-refractivity contribution >= 4 is 41.0 Å². The van der Waals surface area contributed by atoms with Crippen LogP contribution >= 0.6 is 11.6 Å². The number of carbonyl (C=O) groups excluding carboxylic acids is 3. The number of urea groups is 1. The first-order valence-electron chi connectivity index (χ1n) is 15.5. The topological polar surface area (TPSA) is 111 Å². The van der Waals surface area contributed by atoms with Crippen molar-refractivity contribution in [3.8, 4) is 0 Å². The SMILES string of the molecule is CN(C)C1CCN(C(=O)[C@@H](Cc2cc(Cl)c(N)c(C(F)(F)F)c2)OC(=O)N2CCC(N3CCc4ccccc4NC3=O)CC2)CC1. The Morgan fingerprint density at radius 2 is 1.70 bits per heavy atom. The largest absolute Gasteiger partial charge is 0.436 e. The van der Waals surface area contributed by atoms with E-state index in [1.807, 2.05) is 38.4 Å². The van der Waals surface area contributed by atoms with Crippen LogP contribution in [0.2, 0.25) is 5.02 Å². The normalized spacial score (nSPS) is 19.0. The monoisotopic (exact) mass is 664 g/mol. The van der Waals surface area contributed by atoms with Gasteiger partial charge in [-0.15, -0.1) is 0 Å². The molecule has 5 rings (SSSR count). The van der Waals surface area contributed by atoms with E-state index >= 15 is 0 Å². The number of halogens is 4. The summed E-state index contributed by atoms with van der Waals surface area (Å²) >= 11 is 6.06. The number of nitrogens with zero attached hydrogens (tertiary/aromatic N) is 4. The zero-order chi connectivity index (χ0) is 33.2. The van der Waals surface area contributed by atoms with Crippen LogP contribution in [0.15, 0.2) is 36.4 Å². The number of carbonyl (C=O) groups is 3. The molecule has 3 N–H and O–H groups in total. The van der Waals surface area contributed by atoms with Crippen molar-refractivity contribution in [2.24, 2.45) is 0 Å². The number of nitrogens with two attached hydrogens (primary N) is 1. The Hall–Kier alpha value is -3.71. The van der Waals surface area contributed by atoms with Gasteiger partial charge >= 0.3 is 18.3 Å². The fourth-order valence-corrected chi connectivity index (χ4v) is 6.76. The first-order valence-corrected chi connectivity index (χ1v) is 15.9. The number of piperidine rings is 2. The molecule has 0 bridgehead atoms. The van der Waals surface area contributed by atoms with E-state index in [0.29, 0.717) is 64.8 Å². The standard InChI is InChI=1S/C32H40ClF3N6O4/c1-39(2)22-8-12-40(13-9-22)29(43)27(19-20-17-24(32(34,35)36)28(37)25(33)18-20)46-31(45)41-14-10-23(11-15-41)42-16-7-21-5-3-4-6-26(21)38-30(42)44/h3-6,17-18,22-23,27H,7-16,19,37H2,1-2H3,(H,38,44)/t27-/m1/s1. The summed E-state index contributed by atoms with van der Waals surface area (Å²) in [6.07, 6.45) is -3.99. The van der Waals surface area contributed by atoms with Gasteiger partial charge in [-0.3, -0.25) is 4.79 Å². The molecule has 46 heavy (non-hydrogen) atoms. The van der Waals surface area contributed by atoms with Gasteiger partial charge in [-0.1, -0.05) is 29.8 Å². The van der Waals surface area contributed by atoms with E-state index in [-0.39, 0.29) is 35.1 Å². The Bertz CT molecular complexity index is 1440. The second-order valence-corrected chi connectivity index (χ2v) is 12.8. The number of likely N-dealkylation sites (tertiary alicyclic amines) is 2. The van der Waals surface area contributed by atoms with Gasteiger partial charge < -0.3 is 35.4 Å². The summed E-state index contributed by atoms with van der Waals surface area (Å²) in [4.78, 5) is 47.1. The molecule has 3 heterocycles. The van der Waals surface area contributed by atoms with Gasteiger partial charge in [0.1, 0.15) is 0 Å². The molecule has 0 spiro atoms. The van der Waals surface area contributed by atoms with E-state index in [0.717, 1.165) is 17.3 Å². The lowest BCUT2D eigenvalue weighted by Crippen LogP contribution is -2.52. The number of anilines is 2. The predicted octanol–water partition coefficient (Wildman–Crippen LogP) is 5.10. The minimum absolute atomic E-state index is 0.0766. The van der Waals surface area contributed by atoms with Crippen LogP contribution in [0, 0.1) is 0 Å². The molecule has 1 atom stereocenters. The van der Waals surface area contributed by atoms with Crippen LogP contribution in [-0.2, 0) is 28.5 Å². The second-order valence-electron chi connectivity index (χ2n) is 12.4. The van der Waals surface area contributed by atoms with Gasteiger partial charge in [-0.25, -0.2) is 9.59 Å². The van der Waals surface area contributed by atoms with Crippen LogP contribution in [0.4, 0.5) is 34.1 Å². The van der Waals surface area contributed by atoms with Crippen LogP contribution in [0.25, 0.3) is 0 Å². The van der Waals surface area contributed by atoms with Gasteiger partial charge in [-0.2, -0.15) is 13.2 Å². The van der Waals surface area contributed by atoms with E-state index in [2.05, 4.69) is 10.2 Å². The number of alkyl halides is 3. The Balaban J connectivity index is 1.27. The summed E-state index contributed by atoms with van der Waals surface area (Å²) in [7, 11) is 3.94. The molecule has 0 radical (unpaired) electrons. The fourth-order valence-electron chi connectivity index (χ4n) is 6.52. The quantitative estimate of drug-likeness (QED) is 0.416. The molecule has 0 unspecified atom stereocenters. The van der Waals surface area contributed by atoms with Crippen LogP contribution in [0.5, 0.6) is 0 Å². The molecule has 10 nitrogen and oxygen atoms in total. The Labute approximate surface area is 271 Å². The molecule has 3 aliphatic heterocycles. The van der Waals surface area contributed by atoms with Crippen LogP contribution in [0.1, 0.15) is 42.4 Å². The van der Waals surface area contributed by atoms with Crippen molar-refractivity contribution < 1.29 is 32.3 Å². The maximum Gasteiger partial charge on any atom is 0.418 e. The zero-order valence-electron chi connectivity index (χ0n) is 26.0. The number of para-hydroxylation sites is 1. The number of fused-ring (bicyclic) bond motifs is 1. The molecule has 2 aromatic carbocycles. The van der Waals surface area contributed by atoms with Crippen molar-refractivity contribution in [1.29, 1.82) is 0 Å². The minimum atomic E-state index is -4.76. The number of hydrogen-bond acceptors (Lipinski definition) is 6. The highest BCUT2D eigenvalue weighted by atomic mass is 35.5. The van der Waals surface area contributed by atoms with Gasteiger partial charge in [0.2, 0.25) is 0 Å². The lowest BCUT2D eigenvalue weighted by molar-refractivity contribution is -0.142. The molecular weight excluding hydrogens is 625 g/mol. The third-order valence-electron chi connectivity index (χ3n) is 9.25. The van der Waals surface area contributed by atoms with Gasteiger partial charge in [0.25, 0.3) is 5.91 Å². The number of amides is 4. The zero-order valence-corrected chi connectivity index (χ0v) is 26.7. The third-order valence-corrected chi connectivity index (χ3v) is 9.56. The first-order chi connectivity index (χ1) is 21.8. The molecule has 4 amide bonds.